The predicted octanol–water partition coefficient (Wildman–Crippen LogP) is 1.61. The smallest absolute Gasteiger partial charge is 0.0642 e. The van der Waals surface area contributed by atoms with Crippen molar-refractivity contribution in [2.24, 2.45) is 0 Å². The summed E-state index contributed by atoms with van der Waals surface area (Å²) in [6.45, 7) is 3.77. The molecule has 0 saturated carbocycles. The van der Waals surface area contributed by atoms with Gasteiger partial charge in [0.2, 0.25) is 0 Å². The zero-order valence-electron chi connectivity index (χ0n) is 10.8. The van der Waals surface area contributed by atoms with Crippen molar-refractivity contribution in [3.8, 4) is 0 Å². The van der Waals surface area contributed by atoms with E-state index in [9.17, 15) is 0 Å². The van der Waals surface area contributed by atoms with Crippen molar-refractivity contribution in [2.75, 3.05) is 26.9 Å². The van der Waals surface area contributed by atoms with Crippen LogP contribution in [0.1, 0.15) is 18.9 Å². The van der Waals surface area contributed by atoms with Crippen molar-refractivity contribution >= 4 is 0 Å². The molecule has 3 nitrogen and oxygen atoms in total. The molecule has 0 radical (unpaired) electrons. The van der Waals surface area contributed by atoms with E-state index in [4.69, 9.17) is 9.84 Å². The third-order valence-corrected chi connectivity index (χ3v) is 2.93. The number of benzene rings is 1. The van der Waals surface area contributed by atoms with Crippen molar-refractivity contribution in [3.63, 3.8) is 0 Å². The summed E-state index contributed by atoms with van der Waals surface area (Å²) in [6, 6.07) is 10.4. The van der Waals surface area contributed by atoms with Crippen LogP contribution in [0.2, 0.25) is 0 Å². The topological polar surface area (TPSA) is 41.5 Å². The van der Waals surface area contributed by atoms with Gasteiger partial charge in [0.15, 0.2) is 0 Å². The first-order chi connectivity index (χ1) is 8.20. The Balaban J connectivity index is 2.37. The minimum absolute atomic E-state index is 0.141. The van der Waals surface area contributed by atoms with Crippen LogP contribution in [-0.2, 0) is 11.2 Å². The van der Waals surface area contributed by atoms with Crippen LogP contribution < -0.4 is 5.32 Å². The monoisotopic (exact) mass is 237 g/mol. The number of hydrogen-bond acceptors (Lipinski definition) is 3. The quantitative estimate of drug-likeness (QED) is 0.721. The average Bonchev–Trinajstić information content (AvgIpc) is 2.31. The molecule has 1 aromatic rings. The van der Waals surface area contributed by atoms with Crippen molar-refractivity contribution in [1.29, 1.82) is 0 Å². The fourth-order valence-electron chi connectivity index (χ4n) is 1.93. The standard InChI is InChI=1S/C14H23NO2/c1-14(9-11-16,12-17-2)15-10-8-13-6-4-3-5-7-13/h3-7,15-16H,8-12H2,1-2H3. The van der Waals surface area contributed by atoms with Crippen LogP contribution in [0, 0.1) is 0 Å². The van der Waals surface area contributed by atoms with E-state index >= 15 is 0 Å². The van der Waals surface area contributed by atoms with Crippen LogP contribution in [0.25, 0.3) is 0 Å². The number of hydrogen-bond donors (Lipinski definition) is 2. The molecular weight excluding hydrogens is 214 g/mol. The van der Waals surface area contributed by atoms with Gasteiger partial charge in [0.1, 0.15) is 0 Å². The van der Waals surface area contributed by atoms with Crippen LogP contribution >= 0.6 is 0 Å². The lowest BCUT2D eigenvalue weighted by atomic mass is 9.99. The number of rotatable bonds is 8. The van der Waals surface area contributed by atoms with E-state index in [1.54, 1.807) is 7.11 Å². The summed E-state index contributed by atoms with van der Waals surface area (Å²) < 4.78 is 5.19. The van der Waals surface area contributed by atoms with Gasteiger partial charge in [-0.1, -0.05) is 30.3 Å². The van der Waals surface area contributed by atoms with E-state index in [2.05, 4.69) is 36.5 Å². The second-order valence-corrected chi connectivity index (χ2v) is 4.63. The maximum atomic E-state index is 9.05. The summed E-state index contributed by atoms with van der Waals surface area (Å²) in [5, 5.41) is 12.5. The third kappa shape index (κ3) is 5.31. The Labute approximate surface area is 104 Å². The minimum atomic E-state index is -0.141. The number of aliphatic hydroxyl groups is 1. The molecule has 0 saturated heterocycles. The fourth-order valence-corrected chi connectivity index (χ4v) is 1.93. The van der Waals surface area contributed by atoms with Crippen LogP contribution in [-0.4, -0.2) is 37.5 Å². The van der Waals surface area contributed by atoms with Crippen LogP contribution in [0.5, 0.6) is 0 Å². The van der Waals surface area contributed by atoms with Crippen LogP contribution in [0.3, 0.4) is 0 Å². The summed E-state index contributed by atoms with van der Waals surface area (Å²) >= 11 is 0. The van der Waals surface area contributed by atoms with Gasteiger partial charge in [0, 0.05) is 19.3 Å². The molecule has 2 N–H and O–H groups in total. The molecule has 3 heteroatoms. The SMILES string of the molecule is COCC(C)(CCO)NCCc1ccccc1. The lowest BCUT2D eigenvalue weighted by Gasteiger charge is -2.29. The zero-order chi connectivity index (χ0) is 12.6. The van der Waals surface area contributed by atoms with Crippen molar-refractivity contribution in [3.05, 3.63) is 35.9 Å². The summed E-state index contributed by atoms with van der Waals surface area (Å²) in [5.74, 6) is 0. The molecule has 1 rings (SSSR count). The lowest BCUT2D eigenvalue weighted by Crippen LogP contribution is -2.47. The van der Waals surface area contributed by atoms with Gasteiger partial charge in [0.25, 0.3) is 0 Å². The summed E-state index contributed by atoms with van der Waals surface area (Å²) in [5.41, 5.74) is 1.18. The largest absolute Gasteiger partial charge is 0.396 e. The Hall–Kier alpha value is -0.900. The Kier molecular flexibility index (Phi) is 6.19. The first-order valence-corrected chi connectivity index (χ1v) is 6.09. The molecule has 1 unspecified atom stereocenters. The fraction of sp³-hybridized carbons (Fsp3) is 0.571. The van der Waals surface area contributed by atoms with E-state index in [-0.39, 0.29) is 12.1 Å². The first kappa shape index (κ1) is 14.2. The van der Waals surface area contributed by atoms with Crippen LogP contribution in [0.15, 0.2) is 30.3 Å². The van der Waals surface area contributed by atoms with Crippen molar-refractivity contribution < 1.29 is 9.84 Å². The highest BCUT2D eigenvalue weighted by atomic mass is 16.5. The number of aliphatic hydroxyl groups excluding tert-OH is 1. The van der Waals surface area contributed by atoms with Gasteiger partial charge in [0.05, 0.1) is 6.61 Å². The Morgan fingerprint density at radius 1 is 1.29 bits per heavy atom. The average molecular weight is 237 g/mol. The molecule has 17 heavy (non-hydrogen) atoms. The number of nitrogens with one attached hydrogen (secondary N) is 1. The Morgan fingerprint density at radius 3 is 2.59 bits per heavy atom. The predicted molar refractivity (Wildman–Crippen MR) is 70.1 cm³/mol. The second kappa shape index (κ2) is 7.43. The van der Waals surface area contributed by atoms with E-state index in [0.717, 1.165) is 13.0 Å². The van der Waals surface area contributed by atoms with Gasteiger partial charge in [-0.25, -0.2) is 0 Å². The molecule has 1 aromatic carbocycles. The molecule has 0 bridgehead atoms. The molecule has 0 aliphatic carbocycles. The zero-order valence-corrected chi connectivity index (χ0v) is 10.8. The Morgan fingerprint density at radius 2 is 2.00 bits per heavy atom. The highest BCUT2D eigenvalue weighted by Gasteiger charge is 2.22. The summed E-state index contributed by atoms with van der Waals surface area (Å²) in [7, 11) is 1.69. The normalized spacial score (nSPS) is 14.5. The Bertz CT molecular complexity index is 294. The maximum Gasteiger partial charge on any atom is 0.0642 e. The van der Waals surface area contributed by atoms with Gasteiger partial charge in [-0.05, 0) is 31.9 Å². The van der Waals surface area contributed by atoms with E-state index in [1.165, 1.54) is 5.56 Å². The highest BCUT2D eigenvalue weighted by Crippen LogP contribution is 2.09. The summed E-state index contributed by atoms with van der Waals surface area (Å²) in [4.78, 5) is 0. The molecule has 96 valence electrons. The molecule has 0 aliphatic heterocycles. The lowest BCUT2D eigenvalue weighted by molar-refractivity contribution is 0.0985. The summed E-state index contributed by atoms with van der Waals surface area (Å²) in [6.07, 6.45) is 1.70. The van der Waals surface area contributed by atoms with Gasteiger partial charge >= 0.3 is 0 Å². The highest BCUT2D eigenvalue weighted by molar-refractivity contribution is 5.14. The third-order valence-electron chi connectivity index (χ3n) is 2.93. The number of methoxy groups -OCH3 is 1. The van der Waals surface area contributed by atoms with Gasteiger partial charge in [-0.15, -0.1) is 0 Å². The molecule has 0 aliphatic rings. The van der Waals surface area contributed by atoms with E-state index in [0.29, 0.717) is 13.0 Å². The molecule has 0 amide bonds. The molecule has 0 heterocycles. The molecule has 0 spiro atoms. The number of ether oxygens (including phenoxy) is 1. The molecular formula is C14H23NO2. The van der Waals surface area contributed by atoms with E-state index < -0.39 is 0 Å². The van der Waals surface area contributed by atoms with Crippen molar-refractivity contribution in [2.45, 2.75) is 25.3 Å². The van der Waals surface area contributed by atoms with Crippen molar-refractivity contribution in [1.82, 2.24) is 5.32 Å². The second-order valence-electron chi connectivity index (χ2n) is 4.63. The van der Waals surface area contributed by atoms with Crippen LogP contribution in [0.4, 0.5) is 0 Å². The maximum absolute atomic E-state index is 9.05. The minimum Gasteiger partial charge on any atom is -0.396 e. The van der Waals surface area contributed by atoms with Gasteiger partial charge < -0.3 is 15.2 Å². The molecule has 0 aromatic heterocycles. The molecule has 1 atom stereocenters. The molecule has 0 fully saturated rings. The van der Waals surface area contributed by atoms with Gasteiger partial charge in [-0.3, -0.25) is 0 Å². The first-order valence-electron chi connectivity index (χ1n) is 6.09. The van der Waals surface area contributed by atoms with E-state index in [1.807, 2.05) is 6.07 Å². The van der Waals surface area contributed by atoms with Gasteiger partial charge in [-0.2, -0.15) is 0 Å².